The van der Waals surface area contributed by atoms with E-state index in [1.807, 2.05) is 36.5 Å². The Morgan fingerprint density at radius 1 is 1.44 bits per heavy atom. The van der Waals surface area contributed by atoms with Gasteiger partial charge in [-0.25, -0.2) is 4.68 Å². The zero-order chi connectivity index (χ0) is 11.4. The zero-order valence-electron chi connectivity index (χ0n) is 8.96. The summed E-state index contributed by atoms with van der Waals surface area (Å²) in [6.45, 7) is 0. The molecule has 0 bridgehead atoms. The molecule has 0 saturated carbocycles. The highest BCUT2D eigenvalue weighted by atomic mass is 16.5. The summed E-state index contributed by atoms with van der Waals surface area (Å²) in [5.41, 5.74) is 1.85. The van der Waals surface area contributed by atoms with Crippen LogP contribution in [0.25, 0.3) is 5.69 Å². The van der Waals surface area contributed by atoms with Crippen molar-refractivity contribution in [2.75, 3.05) is 7.11 Å². The molecule has 0 radical (unpaired) electrons. The van der Waals surface area contributed by atoms with E-state index in [2.05, 4.69) is 9.84 Å². The minimum atomic E-state index is -0.238. The molecule has 0 amide bonds. The first-order chi connectivity index (χ1) is 7.79. The van der Waals surface area contributed by atoms with E-state index in [9.17, 15) is 4.79 Å². The zero-order valence-corrected chi connectivity index (χ0v) is 8.96. The smallest absolute Gasteiger partial charge is 0.309 e. The number of esters is 1. The summed E-state index contributed by atoms with van der Waals surface area (Å²) in [4.78, 5) is 11.1. The van der Waals surface area contributed by atoms with Gasteiger partial charge in [0, 0.05) is 12.4 Å². The van der Waals surface area contributed by atoms with Gasteiger partial charge < -0.3 is 4.74 Å². The monoisotopic (exact) mass is 216 g/mol. The number of carbonyl (C=O) groups is 1. The van der Waals surface area contributed by atoms with Gasteiger partial charge in [-0.1, -0.05) is 12.1 Å². The number of nitrogens with zero attached hydrogens (tertiary/aromatic N) is 2. The van der Waals surface area contributed by atoms with Crippen LogP contribution in [0.1, 0.15) is 5.56 Å². The maximum atomic E-state index is 11.1. The lowest BCUT2D eigenvalue weighted by atomic mass is 10.1. The number of rotatable bonds is 3. The summed E-state index contributed by atoms with van der Waals surface area (Å²) in [5.74, 6) is -0.238. The summed E-state index contributed by atoms with van der Waals surface area (Å²) < 4.78 is 6.37. The molecule has 0 unspecified atom stereocenters. The van der Waals surface area contributed by atoms with Crippen molar-refractivity contribution in [1.29, 1.82) is 0 Å². The summed E-state index contributed by atoms with van der Waals surface area (Å²) >= 11 is 0. The average Bonchev–Trinajstić information content (AvgIpc) is 2.83. The van der Waals surface area contributed by atoms with Crippen LogP contribution in [0, 0.1) is 0 Å². The molecule has 0 aliphatic rings. The van der Waals surface area contributed by atoms with Crippen molar-refractivity contribution >= 4 is 5.97 Å². The standard InChI is InChI=1S/C12H12N2O2/c1-16-12(15)9-10-4-2-5-11(8-10)14-7-3-6-13-14/h2-8H,9H2,1H3. The molecule has 1 aromatic heterocycles. The maximum absolute atomic E-state index is 11.1. The van der Waals surface area contributed by atoms with E-state index < -0.39 is 0 Å². The van der Waals surface area contributed by atoms with Crippen LogP contribution in [-0.4, -0.2) is 22.9 Å². The molecule has 0 aliphatic carbocycles. The molecular weight excluding hydrogens is 204 g/mol. The van der Waals surface area contributed by atoms with Crippen LogP contribution in [0.5, 0.6) is 0 Å². The number of hydrogen-bond acceptors (Lipinski definition) is 3. The highest BCUT2D eigenvalue weighted by molar-refractivity contribution is 5.72. The first kappa shape index (κ1) is 10.4. The second-order valence-electron chi connectivity index (χ2n) is 3.37. The summed E-state index contributed by atoms with van der Waals surface area (Å²) in [7, 11) is 1.39. The Balaban J connectivity index is 2.23. The Morgan fingerprint density at radius 3 is 3.00 bits per heavy atom. The molecule has 4 heteroatoms. The van der Waals surface area contributed by atoms with Gasteiger partial charge in [0.15, 0.2) is 0 Å². The molecule has 4 nitrogen and oxygen atoms in total. The minimum Gasteiger partial charge on any atom is -0.469 e. The van der Waals surface area contributed by atoms with Gasteiger partial charge in [0.25, 0.3) is 0 Å². The van der Waals surface area contributed by atoms with E-state index in [1.165, 1.54) is 7.11 Å². The Morgan fingerprint density at radius 2 is 2.31 bits per heavy atom. The second kappa shape index (κ2) is 4.61. The van der Waals surface area contributed by atoms with Gasteiger partial charge >= 0.3 is 5.97 Å². The van der Waals surface area contributed by atoms with Crippen molar-refractivity contribution in [3.8, 4) is 5.69 Å². The number of aromatic nitrogens is 2. The van der Waals surface area contributed by atoms with Crippen LogP contribution in [-0.2, 0) is 16.0 Å². The van der Waals surface area contributed by atoms with Gasteiger partial charge in [-0.15, -0.1) is 0 Å². The SMILES string of the molecule is COC(=O)Cc1cccc(-n2cccn2)c1. The molecule has 1 heterocycles. The van der Waals surface area contributed by atoms with Crippen molar-refractivity contribution in [3.05, 3.63) is 48.3 Å². The first-order valence-electron chi connectivity index (χ1n) is 4.95. The third kappa shape index (κ3) is 2.28. The van der Waals surface area contributed by atoms with Crippen molar-refractivity contribution in [2.45, 2.75) is 6.42 Å². The van der Waals surface area contributed by atoms with Crippen LogP contribution in [0.15, 0.2) is 42.7 Å². The largest absolute Gasteiger partial charge is 0.469 e. The summed E-state index contributed by atoms with van der Waals surface area (Å²) in [6.07, 6.45) is 3.86. The molecule has 0 saturated heterocycles. The Bertz CT molecular complexity index is 478. The Kier molecular flexibility index (Phi) is 3.00. The van der Waals surface area contributed by atoms with Gasteiger partial charge in [-0.05, 0) is 23.8 Å². The van der Waals surface area contributed by atoms with E-state index >= 15 is 0 Å². The van der Waals surface area contributed by atoms with Crippen LogP contribution in [0.3, 0.4) is 0 Å². The molecule has 1 aromatic carbocycles. The topological polar surface area (TPSA) is 44.1 Å². The Hall–Kier alpha value is -2.10. The van der Waals surface area contributed by atoms with E-state index in [0.717, 1.165) is 11.3 Å². The number of benzene rings is 1. The summed E-state index contributed by atoms with van der Waals surface area (Å²) in [6, 6.07) is 9.50. The number of methoxy groups -OCH3 is 1. The molecule has 2 aromatic rings. The second-order valence-corrected chi connectivity index (χ2v) is 3.37. The van der Waals surface area contributed by atoms with E-state index in [0.29, 0.717) is 0 Å². The van der Waals surface area contributed by atoms with E-state index in [-0.39, 0.29) is 12.4 Å². The molecule has 2 rings (SSSR count). The summed E-state index contributed by atoms with van der Waals surface area (Å²) in [5, 5.41) is 4.13. The number of ether oxygens (including phenoxy) is 1. The fourth-order valence-corrected chi connectivity index (χ4v) is 1.47. The van der Waals surface area contributed by atoms with Gasteiger partial charge in [0.2, 0.25) is 0 Å². The fraction of sp³-hybridized carbons (Fsp3) is 0.167. The van der Waals surface area contributed by atoms with E-state index in [4.69, 9.17) is 0 Å². The lowest BCUT2D eigenvalue weighted by Gasteiger charge is -2.04. The predicted octanol–water partition coefficient (Wildman–Crippen LogP) is 1.59. The van der Waals surface area contributed by atoms with Crippen molar-refractivity contribution < 1.29 is 9.53 Å². The highest BCUT2D eigenvalue weighted by Crippen LogP contribution is 2.10. The van der Waals surface area contributed by atoms with Crippen LogP contribution >= 0.6 is 0 Å². The lowest BCUT2D eigenvalue weighted by molar-refractivity contribution is -0.139. The number of carbonyl (C=O) groups excluding carboxylic acids is 1. The van der Waals surface area contributed by atoms with Crippen molar-refractivity contribution in [2.24, 2.45) is 0 Å². The third-order valence-electron chi connectivity index (χ3n) is 2.26. The third-order valence-corrected chi connectivity index (χ3v) is 2.26. The predicted molar refractivity (Wildman–Crippen MR) is 59.3 cm³/mol. The molecule has 0 aliphatic heterocycles. The van der Waals surface area contributed by atoms with Crippen molar-refractivity contribution in [1.82, 2.24) is 9.78 Å². The molecule has 0 N–H and O–H groups in total. The first-order valence-corrected chi connectivity index (χ1v) is 4.95. The highest BCUT2D eigenvalue weighted by Gasteiger charge is 2.04. The Labute approximate surface area is 93.5 Å². The van der Waals surface area contributed by atoms with Gasteiger partial charge in [-0.3, -0.25) is 4.79 Å². The normalized spacial score (nSPS) is 10.1. The average molecular weight is 216 g/mol. The molecule has 0 spiro atoms. The molecule has 0 fully saturated rings. The molecule has 16 heavy (non-hydrogen) atoms. The van der Waals surface area contributed by atoms with Gasteiger partial charge in [0.05, 0.1) is 19.2 Å². The lowest BCUT2D eigenvalue weighted by Crippen LogP contribution is -2.05. The van der Waals surface area contributed by atoms with Crippen LogP contribution in [0.4, 0.5) is 0 Å². The minimum absolute atomic E-state index is 0.238. The van der Waals surface area contributed by atoms with Gasteiger partial charge in [0.1, 0.15) is 0 Å². The van der Waals surface area contributed by atoms with Crippen molar-refractivity contribution in [3.63, 3.8) is 0 Å². The van der Waals surface area contributed by atoms with E-state index in [1.54, 1.807) is 10.9 Å². The van der Waals surface area contributed by atoms with Gasteiger partial charge in [-0.2, -0.15) is 5.10 Å². The maximum Gasteiger partial charge on any atom is 0.309 e. The molecule has 0 atom stereocenters. The quantitative estimate of drug-likeness (QED) is 0.732. The molecule has 82 valence electrons. The number of hydrogen-bond donors (Lipinski definition) is 0. The van der Waals surface area contributed by atoms with Crippen LogP contribution in [0.2, 0.25) is 0 Å². The van der Waals surface area contributed by atoms with Crippen LogP contribution < -0.4 is 0 Å². The fourth-order valence-electron chi connectivity index (χ4n) is 1.47. The molecular formula is C12H12N2O2.